The SMILES string of the molecule is Cc1csc(NC(=O)CCc2ncc(-c3ccccc3Cl)o2)n1. The van der Waals surface area contributed by atoms with Crippen LogP contribution in [-0.4, -0.2) is 15.9 Å². The van der Waals surface area contributed by atoms with Gasteiger partial charge in [0.05, 0.1) is 16.9 Å². The van der Waals surface area contributed by atoms with Crippen LogP contribution in [0.3, 0.4) is 0 Å². The monoisotopic (exact) mass is 347 g/mol. The third-order valence-electron chi connectivity index (χ3n) is 3.12. The predicted molar refractivity (Wildman–Crippen MR) is 90.8 cm³/mol. The summed E-state index contributed by atoms with van der Waals surface area (Å²) in [7, 11) is 0. The molecule has 0 unspecified atom stereocenters. The van der Waals surface area contributed by atoms with Gasteiger partial charge in [-0.25, -0.2) is 9.97 Å². The maximum absolute atomic E-state index is 11.9. The number of rotatable bonds is 5. The van der Waals surface area contributed by atoms with Crippen LogP contribution in [0.1, 0.15) is 18.0 Å². The van der Waals surface area contributed by atoms with Gasteiger partial charge in [0, 0.05) is 23.8 Å². The van der Waals surface area contributed by atoms with Crippen molar-refractivity contribution >= 4 is 34.0 Å². The van der Waals surface area contributed by atoms with E-state index in [2.05, 4.69) is 15.3 Å². The molecule has 0 saturated carbocycles. The lowest BCUT2D eigenvalue weighted by atomic mass is 10.2. The summed E-state index contributed by atoms with van der Waals surface area (Å²) >= 11 is 7.54. The number of carbonyl (C=O) groups excluding carboxylic acids is 1. The van der Waals surface area contributed by atoms with E-state index in [0.717, 1.165) is 11.3 Å². The Morgan fingerprint density at radius 2 is 2.22 bits per heavy atom. The molecule has 5 nitrogen and oxygen atoms in total. The quantitative estimate of drug-likeness (QED) is 0.745. The van der Waals surface area contributed by atoms with Crippen LogP contribution in [0, 0.1) is 6.92 Å². The molecular formula is C16H14ClN3O2S. The molecule has 0 atom stereocenters. The van der Waals surface area contributed by atoms with Gasteiger partial charge < -0.3 is 9.73 Å². The standard InChI is InChI=1S/C16H14ClN3O2S/c1-10-9-23-16(19-10)20-14(21)6-7-15-18-8-13(22-15)11-4-2-3-5-12(11)17/h2-5,8-9H,6-7H2,1H3,(H,19,20,21). The molecule has 0 aliphatic carbocycles. The fourth-order valence-electron chi connectivity index (χ4n) is 2.03. The number of nitrogens with one attached hydrogen (secondary N) is 1. The van der Waals surface area contributed by atoms with Gasteiger partial charge in [0.15, 0.2) is 16.8 Å². The highest BCUT2D eigenvalue weighted by Crippen LogP contribution is 2.28. The molecule has 3 aromatic rings. The smallest absolute Gasteiger partial charge is 0.226 e. The first-order valence-electron chi connectivity index (χ1n) is 7.03. The lowest BCUT2D eigenvalue weighted by Crippen LogP contribution is -2.12. The number of oxazole rings is 1. The molecular weight excluding hydrogens is 334 g/mol. The van der Waals surface area contributed by atoms with Crippen molar-refractivity contribution in [1.29, 1.82) is 0 Å². The molecule has 1 aromatic carbocycles. The van der Waals surface area contributed by atoms with E-state index in [9.17, 15) is 4.79 Å². The highest BCUT2D eigenvalue weighted by Gasteiger charge is 2.11. The van der Waals surface area contributed by atoms with E-state index in [1.807, 2.05) is 30.5 Å². The molecule has 0 spiro atoms. The number of thiazole rings is 1. The average Bonchev–Trinajstić information content (AvgIpc) is 3.15. The summed E-state index contributed by atoms with van der Waals surface area (Å²) in [5.41, 5.74) is 1.68. The van der Waals surface area contributed by atoms with Crippen LogP contribution in [0.5, 0.6) is 0 Å². The van der Waals surface area contributed by atoms with Gasteiger partial charge >= 0.3 is 0 Å². The number of anilines is 1. The van der Waals surface area contributed by atoms with Crippen LogP contribution < -0.4 is 5.32 Å². The maximum atomic E-state index is 11.9. The molecule has 0 bridgehead atoms. The second-order valence-electron chi connectivity index (χ2n) is 4.94. The molecule has 0 aliphatic heterocycles. The molecule has 1 N–H and O–H groups in total. The Bertz CT molecular complexity index is 828. The zero-order valence-electron chi connectivity index (χ0n) is 12.4. The lowest BCUT2D eigenvalue weighted by Gasteiger charge is -2.00. The number of benzene rings is 1. The van der Waals surface area contributed by atoms with E-state index in [1.54, 1.807) is 12.3 Å². The van der Waals surface area contributed by atoms with Gasteiger partial charge in [-0.3, -0.25) is 4.79 Å². The number of hydrogen-bond donors (Lipinski definition) is 1. The van der Waals surface area contributed by atoms with Gasteiger partial charge in [-0.05, 0) is 19.1 Å². The molecule has 0 saturated heterocycles. The van der Waals surface area contributed by atoms with Crippen molar-refractivity contribution in [3.63, 3.8) is 0 Å². The van der Waals surface area contributed by atoms with Crippen LogP contribution in [0.4, 0.5) is 5.13 Å². The first kappa shape index (κ1) is 15.7. The largest absolute Gasteiger partial charge is 0.441 e. The number of carbonyl (C=O) groups is 1. The van der Waals surface area contributed by atoms with Crippen molar-refractivity contribution < 1.29 is 9.21 Å². The number of hydrogen-bond acceptors (Lipinski definition) is 5. The molecule has 0 fully saturated rings. The fourth-order valence-corrected chi connectivity index (χ4v) is 2.96. The Hall–Kier alpha value is -2.18. The molecule has 2 heterocycles. The van der Waals surface area contributed by atoms with Gasteiger partial charge in [-0.1, -0.05) is 23.7 Å². The number of nitrogens with zero attached hydrogens (tertiary/aromatic N) is 2. The topological polar surface area (TPSA) is 68.0 Å². The van der Waals surface area contributed by atoms with Crippen LogP contribution in [-0.2, 0) is 11.2 Å². The van der Waals surface area contributed by atoms with Gasteiger partial charge in [-0.2, -0.15) is 0 Å². The van der Waals surface area contributed by atoms with E-state index in [-0.39, 0.29) is 12.3 Å². The molecule has 23 heavy (non-hydrogen) atoms. The van der Waals surface area contributed by atoms with Crippen molar-refractivity contribution in [3.8, 4) is 11.3 Å². The predicted octanol–water partition coefficient (Wildman–Crippen LogP) is 4.33. The Balaban J connectivity index is 1.59. The van der Waals surface area contributed by atoms with E-state index < -0.39 is 0 Å². The third kappa shape index (κ3) is 3.97. The highest BCUT2D eigenvalue weighted by molar-refractivity contribution is 7.13. The fraction of sp³-hybridized carbons (Fsp3) is 0.188. The average molecular weight is 348 g/mol. The van der Waals surface area contributed by atoms with E-state index in [4.69, 9.17) is 16.0 Å². The zero-order valence-corrected chi connectivity index (χ0v) is 13.9. The number of aryl methyl sites for hydroxylation is 2. The molecule has 3 rings (SSSR count). The van der Waals surface area contributed by atoms with Crippen molar-refractivity contribution in [2.24, 2.45) is 0 Å². The number of aromatic nitrogens is 2. The molecule has 7 heteroatoms. The Morgan fingerprint density at radius 1 is 1.39 bits per heavy atom. The highest BCUT2D eigenvalue weighted by atomic mass is 35.5. The second-order valence-corrected chi connectivity index (χ2v) is 6.21. The number of halogens is 1. The number of amides is 1. The van der Waals surface area contributed by atoms with Crippen molar-refractivity contribution in [3.05, 3.63) is 52.4 Å². The van der Waals surface area contributed by atoms with Crippen molar-refractivity contribution in [2.75, 3.05) is 5.32 Å². The van der Waals surface area contributed by atoms with Crippen LogP contribution >= 0.6 is 22.9 Å². The maximum Gasteiger partial charge on any atom is 0.226 e. The van der Waals surface area contributed by atoms with Gasteiger partial charge in [0.25, 0.3) is 0 Å². The second kappa shape index (κ2) is 6.93. The summed E-state index contributed by atoms with van der Waals surface area (Å²) in [5.74, 6) is 0.990. The summed E-state index contributed by atoms with van der Waals surface area (Å²) in [5, 5.41) is 5.86. The zero-order chi connectivity index (χ0) is 16.2. The first-order valence-corrected chi connectivity index (χ1v) is 8.29. The minimum atomic E-state index is -0.114. The summed E-state index contributed by atoms with van der Waals surface area (Å²) < 4.78 is 5.67. The minimum absolute atomic E-state index is 0.114. The Morgan fingerprint density at radius 3 is 2.96 bits per heavy atom. The van der Waals surface area contributed by atoms with Crippen molar-refractivity contribution in [1.82, 2.24) is 9.97 Å². The first-order chi connectivity index (χ1) is 11.1. The Kier molecular flexibility index (Phi) is 4.73. The third-order valence-corrected chi connectivity index (χ3v) is 4.33. The lowest BCUT2D eigenvalue weighted by molar-refractivity contribution is -0.116. The summed E-state index contributed by atoms with van der Waals surface area (Å²) in [6, 6.07) is 7.40. The normalized spacial score (nSPS) is 10.7. The van der Waals surface area contributed by atoms with Crippen molar-refractivity contribution in [2.45, 2.75) is 19.8 Å². The molecule has 1 amide bonds. The van der Waals surface area contributed by atoms with Gasteiger partial charge in [-0.15, -0.1) is 11.3 Å². The van der Waals surface area contributed by atoms with E-state index in [1.165, 1.54) is 11.3 Å². The molecule has 0 aliphatic rings. The van der Waals surface area contributed by atoms with Gasteiger partial charge in [0.1, 0.15) is 0 Å². The minimum Gasteiger partial charge on any atom is -0.441 e. The molecule has 118 valence electrons. The summed E-state index contributed by atoms with van der Waals surface area (Å²) in [6.07, 6.45) is 2.32. The van der Waals surface area contributed by atoms with Crippen LogP contribution in [0.2, 0.25) is 5.02 Å². The van der Waals surface area contributed by atoms with E-state index >= 15 is 0 Å². The molecule has 2 aromatic heterocycles. The summed E-state index contributed by atoms with van der Waals surface area (Å²) in [4.78, 5) is 20.3. The Labute approximate surface area is 142 Å². The van der Waals surface area contributed by atoms with Crippen LogP contribution in [0.25, 0.3) is 11.3 Å². The summed E-state index contributed by atoms with van der Waals surface area (Å²) in [6.45, 7) is 1.88. The van der Waals surface area contributed by atoms with Gasteiger partial charge in [0.2, 0.25) is 5.91 Å². The molecule has 0 radical (unpaired) electrons. The van der Waals surface area contributed by atoms with E-state index in [0.29, 0.717) is 28.2 Å². The van der Waals surface area contributed by atoms with Crippen LogP contribution in [0.15, 0.2) is 40.3 Å².